The molecule has 1 unspecified atom stereocenters. The molecule has 1 aliphatic heterocycles. The number of nitrogens with zero attached hydrogens (tertiary/aromatic N) is 1. The van der Waals surface area contributed by atoms with Crippen molar-refractivity contribution in [2.45, 2.75) is 46.3 Å². The molecular formula is C11H19FN2O5. The van der Waals surface area contributed by atoms with Gasteiger partial charge in [0.2, 0.25) is 5.82 Å². The summed E-state index contributed by atoms with van der Waals surface area (Å²) in [5, 5.41) is 19.1. The molecule has 2 rings (SSSR count). The third-order valence-corrected chi connectivity index (χ3v) is 2.68. The molecule has 0 amide bonds. The molecule has 7 nitrogen and oxygen atoms in total. The first-order valence-corrected chi connectivity index (χ1v) is 4.94. The van der Waals surface area contributed by atoms with Gasteiger partial charge in [-0.05, 0) is 6.92 Å². The molecule has 1 aliphatic rings. The van der Waals surface area contributed by atoms with E-state index in [1.54, 1.807) is 4.98 Å². The quantitative estimate of drug-likeness (QED) is 0.647. The standard InChI is InChI=1S/C9H11FN2O5.2CH4/c1-3-5(13)6(14)8(17-3)12-2-4(10)7(15)11-9(12)16;;/h2-3,5-6,8,13-14H,1H3,(H,11,15,16);2*1H4/t3-,5+,6?,8-;;/m1../s1. The zero-order valence-corrected chi connectivity index (χ0v) is 8.83. The van der Waals surface area contributed by atoms with Gasteiger partial charge in [0.1, 0.15) is 12.2 Å². The second kappa shape index (κ2) is 6.09. The molecule has 1 aromatic rings. The molecule has 0 bridgehead atoms. The van der Waals surface area contributed by atoms with E-state index in [1.165, 1.54) is 6.92 Å². The first kappa shape index (κ1) is 17.5. The van der Waals surface area contributed by atoms with E-state index in [0.717, 1.165) is 0 Å². The van der Waals surface area contributed by atoms with Crippen LogP contribution in [-0.4, -0.2) is 38.1 Å². The van der Waals surface area contributed by atoms with Crippen molar-refractivity contribution in [3.05, 3.63) is 32.9 Å². The van der Waals surface area contributed by atoms with Crippen LogP contribution >= 0.6 is 0 Å². The minimum atomic E-state index is -1.37. The molecule has 1 saturated heterocycles. The summed E-state index contributed by atoms with van der Waals surface area (Å²) in [7, 11) is 0. The van der Waals surface area contributed by atoms with Crippen molar-refractivity contribution in [3.8, 4) is 0 Å². The summed E-state index contributed by atoms with van der Waals surface area (Å²) in [5.41, 5.74) is -2.06. The monoisotopic (exact) mass is 278 g/mol. The predicted molar refractivity (Wildman–Crippen MR) is 66.3 cm³/mol. The molecule has 1 fully saturated rings. The van der Waals surface area contributed by atoms with Gasteiger partial charge in [0, 0.05) is 0 Å². The van der Waals surface area contributed by atoms with E-state index in [-0.39, 0.29) is 14.9 Å². The highest BCUT2D eigenvalue weighted by Crippen LogP contribution is 2.27. The molecule has 0 aromatic carbocycles. The average molecular weight is 278 g/mol. The Morgan fingerprint density at radius 2 is 1.89 bits per heavy atom. The van der Waals surface area contributed by atoms with E-state index >= 15 is 0 Å². The number of hydrogen-bond donors (Lipinski definition) is 3. The van der Waals surface area contributed by atoms with E-state index < -0.39 is 41.6 Å². The van der Waals surface area contributed by atoms with Crippen molar-refractivity contribution in [1.82, 2.24) is 9.55 Å². The predicted octanol–water partition coefficient (Wildman–Crippen LogP) is -0.413. The van der Waals surface area contributed by atoms with Crippen LogP contribution in [0.25, 0.3) is 0 Å². The highest BCUT2D eigenvalue weighted by atomic mass is 19.1. The Bertz CT molecular complexity index is 541. The van der Waals surface area contributed by atoms with Crippen LogP contribution in [0.1, 0.15) is 28.0 Å². The number of H-pyrrole nitrogens is 1. The smallest absolute Gasteiger partial charge is 0.330 e. The van der Waals surface area contributed by atoms with Crippen LogP contribution in [0.4, 0.5) is 4.39 Å². The lowest BCUT2D eigenvalue weighted by Crippen LogP contribution is -2.38. The maximum atomic E-state index is 13.0. The van der Waals surface area contributed by atoms with Gasteiger partial charge in [-0.1, -0.05) is 14.9 Å². The molecular weight excluding hydrogens is 259 g/mol. The zero-order chi connectivity index (χ0) is 12.7. The lowest BCUT2D eigenvalue weighted by Gasteiger charge is -2.16. The van der Waals surface area contributed by atoms with Gasteiger partial charge in [-0.15, -0.1) is 0 Å². The van der Waals surface area contributed by atoms with Crippen LogP contribution in [0.15, 0.2) is 15.8 Å². The minimum Gasteiger partial charge on any atom is -0.388 e. The number of aliphatic hydroxyl groups is 2. The number of aromatic nitrogens is 2. The molecule has 2 heterocycles. The highest BCUT2D eigenvalue weighted by Gasteiger charge is 2.41. The Kier molecular flexibility index (Phi) is 5.61. The number of ether oxygens (including phenoxy) is 1. The van der Waals surface area contributed by atoms with Gasteiger partial charge in [0.15, 0.2) is 6.23 Å². The van der Waals surface area contributed by atoms with E-state index in [0.29, 0.717) is 10.8 Å². The fourth-order valence-electron chi connectivity index (χ4n) is 1.71. The van der Waals surface area contributed by atoms with Gasteiger partial charge in [0.25, 0.3) is 5.56 Å². The second-order valence-electron chi connectivity index (χ2n) is 3.86. The number of hydrogen-bond acceptors (Lipinski definition) is 5. The lowest BCUT2D eigenvalue weighted by atomic mass is 10.1. The molecule has 19 heavy (non-hydrogen) atoms. The number of nitrogens with one attached hydrogen (secondary N) is 1. The van der Waals surface area contributed by atoms with Crippen molar-refractivity contribution in [1.29, 1.82) is 0 Å². The van der Waals surface area contributed by atoms with Crippen LogP contribution in [0.3, 0.4) is 0 Å². The van der Waals surface area contributed by atoms with E-state index in [4.69, 9.17) is 4.74 Å². The molecule has 0 aliphatic carbocycles. The van der Waals surface area contributed by atoms with Crippen molar-refractivity contribution in [3.63, 3.8) is 0 Å². The Morgan fingerprint density at radius 3 is 2.37 bits per heavy atom. The Hall–Kier alpha value is -1.51. The van der Waals surface area contributed by atoms with Gasteiger partial charge in [-0.3, -0.25) is 14.3 Å². The fourth-order valence-corrected chi connectivity index (χ4v) is 1.71. The summed E-state index contributed by atoms with van der Waals surface area (Å²) in [5.74, 6) is -1.17. The van der Waals surface area contributed by atoms with Crippen LogP contribution in [-0.2, 0) is 4.74 Å². The molecule has 0 saturated carbocycles. The van der Waals surface area contributed by atoms with E-state index in [1.807, 2.05) is 0 Å². The first-order valence-electron chi connectivity index (χ1n) is 4.94. The number of rotatable bonds is 1. The van der Waals surface area contributed by atoms with Crippen LogP contribution in [0.2, 0.25) is 0 Å². The van der Waals surface area contributed by atoms with Gasteiger partial charge in [-0.25, -0.2) is 4.79 Å². The third-order valence-electron chi connectivity index (χ3n) is 2.68. The van der Waals surface area contributed by atoms with E-state index in [2.05, 4.69) is 0 Å². The van der Waals surface area contributed by atoms with Crippen LogP contribution in [0.5, 0.6) is 0 Å². The van der Waals surface area contributed by atoms with Gasteiger partial charge >= 0.3 is 5.69 Å². The molecule has 3 N–H and O–H groups in total. The van der Waals surface area contributed by atoms with Crippen molar-refractivity contribution in [2.24, 2.45) is 0 Å². The van der Waals surface area contributed by atoms with Gasteiger partial charge in [0.05, 0.1) is 12.3 Å². The molecule has 0 radical (unpaired) electrons. The summed E-state index contributed by atoms with van der Waals surface area (Å²) in [6, 6.07) is 0. The Balaban J connectivity index is 0.00000162. The average Bonchev–Trinajstić information content (AvgIpc) is 2.51. The minimum absolute atomic E-state index is 0. The first-order chi connectivity index (χ1) is 7.91. The van der Waals surface area contributed by atoms with Crippen LogP contribution in [0, 0.1) is 5.82 Å². The number of halogens is 1. The molecule has 110 valence electrons. The number of aliphatic hydroxyl groups excluding tert-OH is 2. The molecule has 4 atom stereocenters. The van der Waals surface area contributed by atoms with Crippen molar-refractivity contribution < 1.29 is 19.3 Å². The number of aromatic amines is 1. The van der Waals surface area contributed by atoms with Gasteiger partial charge < -0.3 is 14.9 Å². The molecule has 8 heteroatoms. The summed E-state index contributed by atoms with van der Waals surface area (Å²) in [6.45, 7) is 1.50. The van der Waals surface area contributed by atoms with Crippen LogP contribution < -0.4 is 11.2 Å². The molecule has 0 spiro atoms. The molecule has 1 aromatic heterocycles. The summed E-state index contributed by atoms with van der Waals surface area (Å²) >= 11 is 0. The normalized spacial score (nSPS) is 29.5. The SMILES string of the molecule is C.C.C[C@H]1O[C@@H](n2cc(F)c(=O)[nH]c2=O)C(O)[C@H]1O. The maximum absolute atomic E-state index is 13.0. The summed E-state index contributed by atoms with van der Waals surface area (Å²) in [6.07, 6.45) is -3.83. The van der Waals surface area contributed by atoms with Crippen molar-refractivity contribution >= 4 is 0 Å². The maximum Gasteiger partial charge on any atom is 0.330 e. The summed E-state index contributed by atoms with van der Waals surface area (Å²) in [4.78, 5) is 24.0. The lowest BCUT2D eigenvalue weighted by molar-refractivity contribution is -0.0356. The van der Waals surface area contributed by atoms with Crippen molar-refractivity contribution in [2.75, 3.05) is 0 Å². The Morgan fingerprint density at radius 1 is 1.32 bits per heavy atom. The highest BCUT2D eigenvalue weighted by molar-refractivity contribution is 4.93. The zero-order valence-electron chi connectivity index (χ0n) is 8.83. The second-order valence-corrected chi connectivity index (χ2v) is 3.86. The third kappa shape index (κ3) is 2.91. The van der Waals surface area contributed by atoms with Gasteiger partial charge in [-0.2, -0.15) is 4.39 Å². The summed E-state index contributed by atoms with van der Waals surface area (Å²) < 4.78 is 18.9. The topological polar surface area (TPSA) is 105 Å². The largest absolute Gasteiger partial charge is 0.388 e. The fraction of sp³-hybridized carbons (Fsp3) is 0.636. The Labute approximate surface area is 109 Å². The van der Waals surface area contributed by atoms with E-state index in [9.17, 15) is 24.2 Å².